The van der Waals surface area contributed by atoms with Crippen LogP contribution < -0.4 is 4.74 Å². The molecule has 0 amide bonds. The van der Waals surface area contributed by atoms with E-state index in [1.807, 2.05) is 42.5 Å². The van der Waals surface area contributed by atoms with E-state index in [4.69, 9.17) is 9.47 Å². The second-order valence-electron chi connectivity index (χ2n) is 9.07. The van der Waals surface area contributed by atoms with Gasteiger partial charge in [0, 0.05) is 11.5 Å². The number of aromatic hydroxyl groups is 1. The van der Waals surface area contributed by atoms with E-state index in [0.717, 1.165) is 17.1 Å². The molecule has 0 saturated heterocycles. The molecule has 0 radical (unpaired) electrons. The lowest BCUT2D eigenvalue weighted by Crippen LogP contribution is -2.30. The van der Waals surface area contributed by atoms with Crippen molar-refractivity contribution in [2.24, 2.45) is 11.8 Å². The SMILES string of the molecule is Oc1cccc(/C(OCCOc2ccccc2)=C2/C3CCCC2C2=C(CCCC2)C3)c1. The number of phenols is 1. The number of ether oxygens (including phenoxy) is 2. The van der Waals surface area contributed by atoms with Crippen LogP contribution in [0.15, 0.2) is 71.3 Å². The summed E-state index contributed by atoms with van der Waals surface area (Å²) in [4.78, 5) is 0. The first-order chi connectivity index (χ1) is 15.3. The average molecular weight is 417 g/mol. The predicted molar refractivity (Wildman–Crippen MR) is 124 cm³/mol. The molecule has 1 saturated carbocycles. The minimum Gasteiger partial charge on any atom is -0.508 e. The number of phenolic OH excluding ortho intramolecular Hbond substituents is 1. The quantitative estimate of drug-likeness (QED) is 0.317. The van der Waals surface area contributed by atoms with Gasteiger partial charge in [-0.05, 0) is 80.7 Å². The van der Waals surface area contributed by atoms with Crippen molar-refractivity contribution in [1.29, 1.82) is 0 Å². The lowest BCUT2D eigenvalue weighted by molar-refractivity contribution is 0.188. The van der Waals surface area contributed by atoms with Crippen molar-refractivity contribution in [2.75, 3.05) is 13.2 Å². The maximum absolute atomic E-state index is 10.2. The third kappa shape index (κ3) is 4.37. The lowest BCUT2D eigenvalue weighted by atomic mass is 9.62. The molecule has 5 rings (SSSR count). The predicted octanol–water partition coefficient (Wildman–Crippen LogP) is 6.89. The van der Waals surface area contributed by atoms with Gasteiger partial charge in [0.1, 0.15) is 30.5 Å². The third-order valence-electron chi connectivity index (χ3n) is 7.12. The molecule has 0 aromatic heterocycles. The summed E-state index contributed by atoms with van der Waals surface area (Å²) in [7, 11) is 0. The summed E-state index contributed by atoms with van der Waals surface area (Å²) in [6.07, 6.45) is 10.2. The summed E-state index contributed by atoms with van der Waals surface area (Å²) in [6, 6.07) is 17.5. The van der Waals surface area contributed by atoms with Crippen molar-refractivity contribution < 1.29 is 14.6 Å². The Balaban J connectivity index is 1.45. The van der Waals surface area contributed by atoms with Crippen LogP contribution in [-0.2, 0) is 4.74 Å². The van der Waals surface area contributed by atoms with Gasteiger partial charge in [0.05, 0.1) is 0 Å². The van der Waals surface area contributed by atoms with E-state index in [-0.39, 0.29) is 0 Å². The Morgan fingerprint density at radius 2 is 1.77 bits per heavy atom. The van der Waals surface area contributed by atoms with Crippen LogP contribution in [0.1, 0.15) is 56.9 Å². The number of para-hydroxylation sites is 1. The van der Waals surface area contributed by atoms with Gasteiger partial charge in [0.2, 0.25) is 0 Å². The van der Waals surface area contributed by atoms with E-state index in [0.29, 0.717) is 30.8 Å². The monoisotopic (exact) mass is 416 g/mol. The highest BCUT2D eigenvalue weighted by Gasteiger charge is 2.39. The Kier molecular flexibility index (Phi) is 6.01. The first-order valence-corrected chi connectivity index (χ1v) is 11.8. The second kappa shape index (κ2) is 9.21. The fourth-order valence-corrected chi connectivity index (χ4v) is 5.82. The highest BCUT2D eigenvalue weighted by Crippen LogP contribution is 2.53. The van der Waals surface area contributed by atoms with Crippen molar-refractivity contribution in [3.05, 3.63) is 76.9 Å². The Morgan fingerprint density at radius 1 is 0.903 bits per heavy atom. The van der Waals surface area contributed by atoms with Crippen LogP contribution in [-0.4, -0.2) is 18.3 Å². The standard InChI is InChI=1S/C28H32O3/c29-23-11-6-10-22(19-23)28(31-17-16-30-24-12-2-1-3-13-24)27-21-9-7-15-26(27)25-14-5-4-8-20(25)18-21/h1-3,6,10-13,19,21,26,29H,4-5,7-9,14-18H2/b28-27+. The number of rotatable bonds is 6. The van der Waals surface area contributed by atoms with Crippen molar-refractivity contribution >= 4 is 5.76 Å². The molecule has 162 valence electrons. The Hall–Kier alpha value is -2.68. The van der Waals surface area contributed by atoms with Crippen LogP contribution in [0.5, 0.6) is 11.5 Å². The molecule has 2 bridgehead atoms. The minimum absolute atomic E-state index is 0.290. The van der Waals surface area contributed by atoms with Gasteiger partial charge >= 0.3 is 0 Å². The maximum Gasteiger partial charge on any atom is 0.126 e. The van der Waals surface area contributed by atoms with Crippen LogP contribution >= 0.6 is 0 Å². The van der Waals surface area contributed by atoms with Gasteiger partial charge in [-0.2, -0.15) is 0 Å². The molecule has 3 aliphatic rings. The van der Waals surface area contributed by atoms with Crippen LogP contribution in [0.4, 0.5) is 0 Å². The normalized spacial score (nSPS) is 24.4. The molecule has 3 nitrogen and oxygen atoms in total. The highest BCUT2D eigenvalue weighted by atomic mass is 16.5. The van der Waals surface area contributed by atoms with Crippen molar-refractivity contribution in [2.45, 2.75) is 51.4 Å². The Labute approximate surface area is 185 Å². The van der Waals surface area contributed by atoms with E-state index >= 15 is 0 Å². The van der Waals surface area contributed by atoms with Crippen LogP contribution in [0.2, 0.25) is 0 Å². The zero-order chi connectivity index (χ0) is 21.0. The van der Waals surface area contributed by atoms with E-state index < -0.39 is 0 Å². The molecule has 2 unspecified atom stereocenters. The molecule has 31 heavy (non-hydrogen) atoms. The van der Waals surface area contributed by atoms with E-state index in [2.05, 4.69) is 6.07 Å². The number of hydrogen-bond donors (Lipinski definition) is 1. The molecule has 3 aliphatic carbocycles. The number of allylic oxidation sites excluding steroid dienone is 3. The molecular weight excluding hydrogens is 384 g/mol. The average Bonchev–Trinajstić information content (AvgIpc) is 2.80. The molecule has 3 heteroatoms. The molecular formula is C28H32O3. The van der Waals surface area contributed by atoms with Gasteiger partial charge in [0.25, 0.3) is 0 Å². The fraction of sp³-hybridized carbons (Fsp3) is 0.429. The molecule has 0 heterocycles. The summed E-state index contributed by atoms with van der Waals surface area (Å²) in [5.41, 5.74) is 5.93. The van der Waals surface area contributed by atoms with Crippen LogP contribution in [0, 0.1) is 11.8 Å². The zero-order valence-electron chi connectivity index (χ0n) is 18.2. The van der Waals surface area contributed by atoms with Gasteiger partial charge in [-0.1, -0.05) is 47.9 Å². The third-order valence-corrected chi connectivity index (χ3v) is 7.12. The smallest absolute Gasteiger partial charge is 0.126 e. The van der Waals surface area contributed by atoms with Crippen molar-refractivity contribution in [3.63, 3.8) is 0 Å². The molecule has 0 spiro atoms. The van der Waals surface area contributed by atoms with Crippen LogP contribution in [0.25, 0.3) is 5.76 Å². The van der Waals surface area contributed by atoms with Crippen molar-refractivity contribution in [3.8, 4) is 11.5 Å². The topological polar surface area (TPSA) is 38.7 Å². The first-order valence-electron chi connectivity index (χ1n) is 11.8. The zero-order valence-corrected chi connectivity index (χ0v) is 18.2. The van der Waals surface area contributed by atoms with E-state index in [1.54, 1.807) is 17.2 Å². The lowest BCUT2D eigenvalue weighted by Gasteiger charge is -2.43. The summed E-state index contributed by atoms with van der Waals surface area (Å²) in [6.45, 7) is 0.998. The van der Waals surface area contributed by atoms with Gasteiger partial charge < -0.3 is 14.6 Å². The van der Waals surface area contributed by atoms with E-state index in [1.165, 1.54) is 56.9 Å². The molecule has 2 aromatic carbocycles. The molecule has 1 fully saturated rings. The molecule has 1 N–H and O–H groups in total. The Morgan fingerprint density at radius 3 is 2.65 bits per heavy atom. The van der Waals surface area contributed by atoms with Gasteiger partial charge in [-0.15, -0.1) is 0 Å². The number of hydrogen-bond acceptors (Lipinski definition) is 3. The molecule has 2 atom stereocenters. The largest absolute Gasteiger partial charge is 0.508 e. The fourth-order valence-electron chi connectivity index (χ4n) is 5.82. The number of fused-ring (bicyclic) bond motifs is 3. The summed E-state index contributed by atoms with van der Waals surface area (Å²) in [5, 5.41) is 10.2. The molecule has 2 aromatic rings. The highest BCUT2D eigenvalue weighted by molar-refractivity contribution is 5.67. The van der Waals surface area contributed by atoms with Gasteiger partial charge in [-0.25, -0.2) is 0 Å². The second-order valence-corrected chi connectivity index (χ2v) is 9.07. The summed E-state index contributed by atoms with van der Waals surface area (Å²) >= 11 is 0. The summed E-state index contributed by atoms with van der Waals surface area (Å²) in [5.74, 6) is 3.24. The van der Waals surface area contributed by atoms with Gasteiger partial charge in [0.15, 0.2) is 0 Å². The molecule has 0 aliphatic heterocycles. The minimum atomic E-state index is 0.290. The first kappa shape index (κ1) is 20.2. The van der Waals surface area contributed by atoms with E-state index in [9.17, 15) is 5.11 Å². The summed E-state index contributed by atoms with van der Waals surface area (Å²) < 4.78 is 12.4. The van der Waals surface area contributed by atoms with Gasteiger partial charge in [-0.3, -0.25) is 0 Å². The maximum atomic E-state index is 10.2. The van der Waals surface area contributed by atoms with Crippen molar-refractivity contribution in [1.82, 2.24) is 0 Å². The van der Waals surface area contributed by atoms with Crippen LogP contribution in [0.3, 0.4) is 0 Å². The Bertz CT molecular complexity index is 973. The number of benzene rings is 2.